The third-order valence-electron chi connectivity index (χ3n) is 2.67. The zero-order valence-electron chi connectivity index (χ0n) is 12.0. The Kier molecular flexibility index (Phi) is 6.18. The second-order valence-corrected chi connectivity index (χ2v) is 6.75. The normalized spacial score (nSPS) is 13.7. The average molecular weight is 325 g/mol. The summed E-state index contributed by atoms with van der Waals surface area (Å²) < 4.78 is 70.0. The van der Waals surface area contributed by atoms with Crippen LogP contribution < -0.4 is 4.72 Å². The molecule has 0 fully saturated rings. The highest BCUT2D eigenvalue weighted by molar-refractivity contribution is 7.89. The Morgan fingerprint density at radius 1 is 1.14 bits per heavy atom. The molecule has 0 amide bonds. The summed E-state index contributed by atoms with van der Waals surface area (Å²) in [5.74, 6) is -4.58. The largest absolute Gasteiger partial charge is 0.378 e. The van der Waals surface area contributed by atoms with Gasteiger partial charge in [0, 0.05) is 6.04 Å². The zero-order valence-corrected chi connectivity index (χ0v) is 12.8. The first-order valence-corrected chi connectivity index (χ1v) is 8.03. The summed E-state index contributed by atoms with van der Waals surface area (Å²) in [4.78, 5) is 0. The highest BCUT2D eigenvalue weighted by atomic mass is 32.2. The summed E-state index contributed by atoms with van der Waals surface area (Å²) in [6.45, 7) is 4.96. The fourth-order valence-electron chi connectivity index (χ4n) is 1.61. The molecule has 1 atom stereocenters. The molecule has 0 aromatic heterocycles. The van der Waals surface area contributed by atoms with Gasteiger partial charge in [-0.2, -0.15) is 0 Å². The molecule has 120 valence electrons. The Labute approximate surface area is 122 Å². The molecule has 4 nitrogen and oxygen atoms in total. The van der Waals surface area contributed by atoms with Gasteiger partial charge in [-0.25, -0.2) is 26.3 Å². The molecule has 0 spiro atoms. The van der Waals surface area contributed by atoms with Crippen LogP contribution in [0.3, 0.4) is 0 Å². The molecule has 21 heavy (non-hydrogen) atoms. The van der Waals surface area contributed by atoms with Crippen molar-refractivity contribution in [3.8, 4) is 0 Å². The predicted molar refractivity (Wildman–Crippen MR) is 72.7 cm³/mol. The van der Waals surface area contributed by atoms with E-state index in [1.807, 2.05) is 0 Å². The summed E-state index contributed by atoms with van der Waals surface area (Å²) in [5, 5.41) is 0. The van der Waals surface area contributed by atoms with Gasteiger partial charge in [0.2, 0.25) is 10.0 Å². The lowest BCUT2D eigenvalue weighted by Gasteiger charge is -2.15. The fraction of sp³-hybridized carbons (Fsp3) is 0.538. The van der Waals surface area contributed by atoms with Crippen LogP contribution in [0.25, 0.3) is 0 Å². The first-order valence-electron chi connectivity index (χ1n) is 6.38. The Morgan fingerprint density at radius 2 is 1.67 bits per heavy atom. The number of ether oxygens (including phenoxy) is 1. The minimum Gasteiger partial charge on any atom is -0.378 e. The van der Waals surface area contributed by atoms with Gasteiger partial charge in [-0.3, -0.25) is 0 Å². The van der Waals surface area contributed by atoms with Gasteiger partial charge in [0.05, 0.1) is 18.5 Å². The molecule has 0 saturated heterocycles. The number of hydrogen-bond donors (Lipinski definition) is 1. The van der Waals surface area contributed by atoms with Gasteiger partial charge in [-0.15, -0.1) is 0 Å². The molecule has 1 aromatic carbocycles. The van der Waals surface area contributed by atoms with Gasteiger partial charge < -0.3 is 4.74 Å². The first kappa shape index (κ1) is 17.9. The van der Waals surface area contributed by atoms with Crippen LogP contribution in [0.15, 0.2) is 12.1 Å². The maximum Gasteiger partial charge on any atom is 0.214 e. The standard InChI is InChI=1S/C13H18F3NO3S/c1-8(2)20-4-5-21(18,19)17-9(3)10-6-11(14)13(16)12(15)7-10/h6-9,17H,4-5H2,1-3H3. The van der Waals surface area contributed by atoms with Crippen LogP contribution in [0.1, 0.15) is 32.4 Å². The minimum absolute atomic E-state index is 0.000229. The molecule has 0 heterocycles. The Balaban J connectivity index is 2.74. The summed E-state index contributed by atoms with van der Waals surface area (Å²) in [7, 11) is -3.67. The van der Waals surface area contributed by atoms with Crippen molar-refractivity contribution in [1.29, 1.82) is 0 Å². The van der Waals surface area contributed by atoms with E-state index in [0.717, 1.165) is 12.1 Å². The van der Waals surface area contributed by atoms with Crippen molar-refractivity contribution in [3.63, 3.8) is 0 Å². The molecule has 0 aliphatic rings. The number of benzene rings is 1. The van der Waals surface area contributed by atoms with Crippen molar-refractivity contribution >= 4 is 10.0 Å². The number of sulfonamides is 1. The molecule has 0 aliphatic carbocycles. The van der Waals surface area contributed by atoms with E-state index >= 15 is 0 Å². The van der Waals surface area contributed by atoms with Crippen LogP contribution in [0, 0.1) is 17.5 Å². The first-order chi connectivity index (χ1) is 9.62. The lowest BCUT2D eigenvalue weighted by molar-refractivity contribution is 0.0911. The second kappa shape index (κ2) is 7.24. The maximum absolute atomic E-state index is 13.1. The zero-order chi connectivity index (χ0) is 16.2. The average Bonchev–Trinajstić information content (AvgIpc) is 2.33. The van der Waals surface area contributed by atoms with Gasteiger partial charge in [0.15, 0.2) is 17.5 Å². The number of halogens is 3. The lowest BCUT2D eigenvalue weighted by Crippen LogP contribution is -2.31. The quantitative estimate of drug-likeness (QED) is 0.784. The second-order valence-electron chi connectivity index (χ2n) is 4.88. The molecule has 1 rings (SSSR count). The monoisotopic (exact) mass is 325 g/mol. The Bertz CT molecular complexity index is 567. The van der Waals surface area contributed by atoms with Gasteiger partial charge in [-0.1, -0.05) is 0 Å². The van der Waals surface area contributed by atoms with E-state index in [1.165, 1.54) is 6.92 Å². The summed E-state index contributed by atoms with van der Waals surface area (Å²) in [5.41, 5.74) is -0.000229. The molecular formula is C13H18F3NO3S. The Hall–Kier alpha value is -1.12. The number of nitrogens with one attached hydrogen (secondary N) is 1. The van der Waals surface area contributed by atoms with Gasteiger partial charge in [0.25, 0.3) is 0 Å². The van der Waals surface area contributed by atoms with Crippen molar-refractivity contribution in [2.45, 2.75) is 32.9 Å². The van der Waals surface area contributed by atoms with Crippen LogP contribution in [0.2, 0.25) is 0 Å². The molecule has 1 unspecified atom stereocenters. The van der Waals surface area contributed by atoms with E-state index in [0.29, 0.717) is 0 Å². The number of rotatable bonds is 7. The van der Waals surface area contributed by atoms with Crippen molar-refractivity contribution < 1.29 is 26.3 Å². The fourth-order valence-corrected chi connectivity index (χ4v) is 2.72. The molecule has 0 radical (unpaired) electrons. The lowest BCUT2D eigenvalue weighted by atomic mass is 10.1. The molecule has 1 aromatic rings. The van der Waals surface area contributed by atoms with Crippen LogP contribution in [-0.2, 0) is 14.8 Å². The van der Waals surface area contributed by atoms with E-state index in [-0.39, 0.29) is 24.0 Å². The van der Waals surface area contributed by atoms with Crippen LogP contribution in [0.4, 0.5) is 13.2 Å². The van der Waals surface area contributed by atoms with E-state index in [2.05, 4.69) is 4.72 Å². The predicted octanol–water partition coefficient (Wildman–Crippen LogP) is 2.51. The summed E-state index contributed by atoms with van der Waals surface area (Å²) in [6.07, 6.45) is -0.0992. The molecule has 0 bridgehead atoms. The SMILES string of the molecule is CC(C)OCCS(=O)(=O)NC(C)c1cc(F)c(F)c(F)c1. The molecular weight excluding hydrogens is 307 g/mol. The topological polar surface area (TPSA) is 55.4 Å². The van der Waals surface area contributed by atoms with Crippen molar-refractivity contribution in [1.82, 2.24) is 4.72 Å². The van der Waals surface area contributed by atoms with Crippen molar-refractivity contribution in [2.75, 3.05) is 12.4 Å². The summed E-state index contributed by atoms with van der Waals surface area (Å²) >= 11 is 0. The third-order valence-corrected chi connectivity index (χ3v) is 4.08. The smallest absolute Gasteiger partial charge is 0.214 e. The molecule has 0 aliphatic heterocycles. The van der Waals surface area contributed by atoms with Crippen molar-refractivity contribution in [3.05, 3.63) is 35.1 Å². The van der Waals surface area contributed by atoms with Crippen molar-refractivity contribution in [2.24, 2.45) is 0 Å². The summed E-state index contributed by atoms with van der Waals surface area (Å²) in [6, 6.07) is 0.630. The highest BCUT2D eigenvalue weighted by Gasteiger charge is 2.19. The third kappa shape index (κ3) is 5.64. The highest BCUT2D eigenvalue weighted by Crippen LogP contribution is 2.19. The number of hydrogen-bond acceptors (Lipinski definition) is 3. The molecule has 1 N–H and O–H groups in total. The van der Waals surface area contributed by atoms with Crippen LogP contribution >= 0.6 is 0 Å². The van der Waals surface area contributed by atoms with Gasteiger partial charge >= 0.3 is 0 Å². The Morgan fingerprint density at radius 3 is 2.14 bits per heavy atom. The molecule has 0 saturated carbocycles. The maximum atomic E-state index is 13.1. The van der Waals surface area contributed by atoms with Crippen LogP contribution in [0.5, 0.6) is 0 Å². The van der Waals surface area contributed by atoms with E-state index in [1.54, 1.807) is 13.8 Å². The van der Waals surface area contributed by atoms with Crippen LogP contribution in [-0.4, -0.2) is 26.9 Å². The minimum atomic E-state index is -3.67. The van der Waals surface area contributed by atoms with E-state index in [4.69, 9.17) is 4.74 Å². The van der Waals surface area contributed by atoms with E-state index in [9.17, 15) is 21.6 Å². The molecule has 8 heteroatoms. The van der Waals surface area contributed by atoms with Gasteiger partial charge in [-0.05, 0) is 38.5 Å². The van der Waals surface area contributed by atoms with E-state index < -0.39 is 33.5 Å². The van der Waals surface area contributed by atoms with Gasteiger partial charge in [0.1, 0.15) is 0 Å².